The molecule has 0 spiro atoms. The molecule has 34 heavy (non-hydrogen) atoms. The largest absolute Gasteiger partial charge is 0.325 e. The van der Waals surface area contributed by atoms with Crippen LogP contribution in [-0.2, 0) is 11.5 Å². The summed E-state index contributed by atoms with van der Waals surface area (Å²) in [7, 11) is 1.88. The third-order valence-corrected chi connectivity index (χ3v) is 5.93. The Labute approximate surface area is 205 Å². The number of anilines is 1. The molecule has 0 saturated carbocycles. The predicted octanol–water partition coefficient (Wildman–Crippen LogP) is 5.52. The van der Waals surface area contributed by atoms with Gasteiger partial charge in [0.05, 0.1) is 13.2 Å². The molecular weight excluding hydrogens is 442 g/mol. The van der Waals surface area contributed by atoms with Gasteiger partial charge in [-0.1, -0.05) is 59.2 Å². The first-order valence-electron chi connectivity index (χ1n) is 11.2. The van der Waals surface area contributed by atoms with Crippen LogP contribution in [0.2, 0.25) is 0 Å². The molecule has 0 bridgehead atoms. The molecule has 1 amide bonds. The first kappa shape index (κ1) is 23.6. The summed E-state index contributed by atoms with van der Waals surface area (Å²) < 4.78 is 4.33. The van der Waals surface area contributed by atoms with Gasteiger partial charge in [0.2, 0.25) is 10.7 Å². The molecule has 4 aromatic rings. The van der Waals surface area contributed by atoms with E-state index in [4.69, 9.17) is 17.3 Å². The maximum Gasteiger partial charge on any atom is 0.238 e. The fourth-order valence-electron chi connectivity index (χ4n) is 3.76. The number of hydrogen-bond acceptors (Lipinski definition) is 4. The molecule has 1 heterocycles. The van der Waals surface area contributed by atoms with E-state index in [1.165, 1.54) is 5.56 Å². The average Bonchev–Trinajstić information content (AvgIpc) is 3.11. The Morgan fingerprint density at radius 3 is 2.24 bits per heavy atom. The predicted molar refractivity (Wildman–Crippen MR) is 140 cm³/mol. The van der Waals surface area contributed by atoms with Gasteiger partial charge >= 0.3 is 0 Å². The number of nitrogens with one attached hydrogen (secondary N) is 1. The van der Waals surface area contributed by atoms with Gasteiger partial charge in [0.1, 0.15) is 0 Å². The number of aryl methyl sites for hydroxylation is 3. The van der Waals surface area contributed by atoms with Crippen molar-refractivity contribution >= 4 is 23.8 Å². The van der Waals surface area contributed by atoms with Crippen LogP contribution in [0.1, 0.15) is 16.7 Å². The molecular formula is C27H29N5OS. The molecule has 0 radical (unpaired) electrons. The van der Waals surface area contributed by atoms with Gasteiger partial charge in [-0.3, -0.25) is 14.3 Å². The van der Waals surface area contributed by atoms with Crippen molar-refractivity contribution in [3.05, 3.63) is 94.3 Å². The zero-order valence-corrected chi connectivity index (χ0v) is 20.8. The maximum absolute atomic E-state index is 12.6. The van der Waals surface area contributed by atoms with Gasteiger partial charge in [0.25, 0.3) is 0 Å². The maximum atomic E-state index is 12.6. The van der Waals surface area contributed by atoms with E-state index in [2.05, 4.69) is 55.6 Å². The second kappa shape index (κ2) is 10.2. The first-order valence-corrected chi connectivity index (χ1v) is 11.6. The van der Waals surface area contributed by atoms with E-state index in [-0.39, 0.29) is 12.5 Å². The highest BCUT2D eigenvalue weighted by Gasteiger charge is 2.16. The second-order valence-corrected chi connectivity index (χ2v) is 9.08. The molecule has 0 aliphatic carbocycles. The standard InChI is InChI=1S/C27H29N5OS/c1-19-8-12-23(13-9-19)28-25(33)17-30(4)18-31-27(34)32(24-14-10-20(2)11-15-24)26(29-31)22-7-5-6-21(3)16-22/h5-16H,17-18H2,1-4H3,(H,28,33). The van der Waals surface area contributed by atoms with Crippen LogP contribution >= 0.6 is 12.2 Å². The quantitative estimate of drug-likeness (QED) is 0.361. The Morgan fingerprint density at radius 2 is 1.59 bits per heavy atom. The van der Waals surface area contributed by atoms with Gasteiger partial charge in [-0.25, -0.2) is 4.68 Å². The molecule has 3 aromatic carbocycles. The lowest BCUT2D eigenvalue weighted by Crippen LogP contribution is -2.32. The molecule has 0 saturated heterocycles. The summed E-state index contributed by atoms with van der Waals surface area (Å²) in [5.41, 5.74) is 6.21. The normalized spacial score (nSPS) is 11.1. The van der Waals surface area contributed by atoms with Crippen LogP contribution in [-0.4, -0.2) is 38.7 Å². The van der Waals surface area contributed by atoms with Crippen molar-refractivity contribution in [1.29, 1.82) is 0 Å². The van der Waals surface area contributed by atoms with Crippen molar-refractivity contribution in [2.24, 2.45) is 0 Å². The summed E-state index contributed by atoms with van der Waals surface area (Å²) in [5.74, 6) is 0.685. The van der Waals surface area contributed by atoms with E-state index in [0.29, 0.717) is 11.4 Å². The van der Waals surface area contributed by atoms with Gasteiger partial charge in [-0.15, -0.1) is 5.10 Å². The number of likely N-dealkylation sites (N-methyl/N-ethyl adjacent to an activating group) is 1. The molecule has 0 aliphatic rings. The number of amides is 1. The summed E-state index contributed by atoms with van der Waals surface area (Å²) in [6, 6.07) is 24.2. The molecule has 4 rings (SSSR count). The third kappa shape index (κ3) is 5.50. The molecule has 0 fully saturated rings. The van der Waals surface area contributed by atoms with Crippen molar-refractivity contribution in [3.8, 4) is 17.1 Å². The van der Waals surface area contributed by atoms with Crippen molar-refractivity contribution in [2.45, 2.75) is 27.4 Å². The summed E-state index contributed by atoms with van der Waals surface area (Å²) in [6.45, 7) is 6.74. The number of nitrogens with zero attached hydrogens (tertiary/aromatic N) is 4. The lowest BCUT2D eigenvalue weighted by molar-refractivity contribution is -0.117. The van der Waals surface area contributed by atoms with E-state index >= 15 is 0 Å². The Balaban J connectivity index is 1.59. The van der Waals surface area contributed by atoms with Crippen molar-refractivity contribution in [1.82, 2.24) is 19.2 Å². The monoisotopic (exact) mass is 471 g/mol. The van der Waals surface area contributed by atoms with Crippen LogP contribution in [0.4, 0.5) is 5.69 Å². The topological polar surface area (TPSA) is 55.1 Å². The van der Waals surface area contributed by atoms with Gasteiger partial charge in [0.15, 0.2) is 5.82 Å². The number of carbonyl (C=O) groups excluding carboxylic acids is 1. The van der Waals surface area contributed by atoms with Gasteiger partial charge in [0, 0.05) is 16.9 Å². The molecule has 1 aromatic heterocycles. The minimum absolute atomic E-state index is 0.0882. The highest BCUT2D eigenvalue weighted by atomic mass is 32.1. The molecule has 174 valence electrons. The van der Waals surface area contributed by atoms with Crippen LogP contribution in [0.15, 0.2) is 72.8 Å². The molecule has 0 atom stereocenters. The number of carbonyl (C=O) groups is 1. The van der Waals surface area contributed by atoms with E-state index in [0.717, 1.165) is 33.9 Å². The van der Waals surface area contributed by atoms with Crippen LogP contribution < -0.4 is 5.32 Å². The summed E-state index contributed by atoms with van der Waals surface area (Å²) in [5, 5.41) is 7.80. The van der Waals surface area contributed by atoms with Crippen molar-refractivity contribution in [3.63, 3.8) is 0 Å². The SMILES string of the molecule is Cc1ccc(NC(=O)CN(C)Cn2nc(-c3cccc(C)c3)n(-c3ccc(C)cc3)c2=S)cc1. The molecule has 1 N–H and O–H groups in total. The summed E-state index contributed by atoms with van der Waals surface area (Å²) in [4.78, 5) is 14.4. The molecule has 0 aliphatic heterocycles. The molecule has 0 unspecified atom stereocenters. The number of hydrogen-bond donors (Lipinski definition) is 1. The number of aromatic nitrogens is 3. The highest BCUT2D eigenvalue weighted by Crippen LogP contribution is 2.24. The first-order chi connectivity index (χ1) is 16.3. The van der Waals surface area contributed by atoms with E-state index in [9.17, 15) is 4.79 Å². The van der Waals surface area contributed by atoms with Gasteiger partial charge in [-0.05, 0) is 70.4 Å². The van der Waals surface area contributed by atoms with Crippen LogP contribution in [0.25, 0.3) is 17.1 Å². The minimum Gasteiger partial charge on any atom is -0.325 e. The van der Waals surface area contributed by atoms with Gasteiger partial charge in [-0.2, -0.15) is 0 Å². The van der Waals surface area contributed by atoms with Crippen LogP contribution in [0, 0.1) is 25.5 Å². The molecule has 6 nitrogen and oxygen atoms in total. The van der Waals surface area contributed by atoms with Crippen molar-refractivity contribution < 1.29 is 4.79 Å². The van der Waals surface area contributed by atoms with Crippen LogP contribution in [0.5, 0.6) is 0 Å². The lowest BCUT2D eigenvalue weighted by Gasteiger charge is -2.16. The third-order valence-electron chi connectivity index (χ3n) is 5.53. The Kier molecular flexibility index (Phi) is 7.05. The zero-order valence-electron chi connectivity index (χ0n) is 19.9. The highest BCUT2D eigenvalue weighted by molar-refractivity contribution is 7.71. The lowest BCUT2D eigenvalue weighted by atomic mass is 10.1. The Hall–Kier alpha value is -3.55. The molecule has 7 heteroatoms. The van der Waals surface area contributed by atoms with E-state index in [1.807, 2.05) is 59.8 Å². The fourth-order valence-corrected chi connectivity index (χ4v) is 4.05. The minimum atomic E-state index is -0.0882. The van der Waals surface area contributed by atoms with E-state index < -0.39 is 0 Å². The Bertz CT molecular complexity index is 1350. The number of rotatable bonds is 7. The summed E-state index contributed by atoms with van der Waals surface area (Å²) in [6.07, 6.45) is 0. The summed E-state index contributed by atoms with van der Waals surface area (Å²) >= 11 is 5.85. The van der Waals surface area contributed by atoms with E-state index in [1.54, 1.807) is 4.68 Å². The second-order valence-electron chi connectivity index (χ2n) is 8.72. The fraction of sp³-hybridized carbons (Fsp3) is 0.222. The zero-order chi connectivity index (χ0) is 24.2. The van der Waals surface area contributed by atoms with Gasteiger partial charge < -0.3 is 5.32 Å². The smallest absolute Gasteiger partial charge is 0.238 e. The van der Waals surface area contributed by atoms with Crippen LogP contribution in [0.3, 0.4) is 0 Å². The van der Waals surface area contributed by atoms with Crippen molar-refractivity contribution in [2.75, 3.05) is 18.9 Å². The Morgan fingerprint density at radius 1 is 0.941 bits per heavy atom. The average molecular weight is 472 g/mol. The number of benzene rings is 3.